The Hall–Kier alpha value is -2.78. The van der Waals surface area contributed by atoms with E-state index in [1.807, 2.05) is 27.7 Å². The number of hydrogen-bond acceptors (Lipinski definition) is 5. The average molecular weight is 578 g/mol. The Kier molecular flexibility index (Phi) is 7.74. The Bertz CT molecular complexity index is 1440. The zero-order valence-corrected chi connectivity index (χ0v) is 23.9. The fraction of sp³-hybridized carbons (Fsp3) is 0.321. The molecule has 1 saturated heterocycles. The van der Waals surface area contributed by atoms with Crippen LogP contribution in [0.5, 0.6) is 11.5 Å². The van der Waals surface area contributed by atoms with Crippen molar-refractivity contribution in [2.75, 3.05) is 4.72 Å². The van der Waals surface area contributed by atoms with Crippen LogP contribution in [0.2, 0.25) is 10.0 Å². The van der Waals surface area contributed by atoms with Gasteiger partial charge in [-0.3, -0.25) is 9.52 Å². The maximum Gasteiger partial charge on any atom is 0.261 e. The number of benzene rings is 3. The van der Waals surface area contributed by atoms with Crippen LogP contribution in [0.1, 0.15) is 50.9 Å². The van der Waals surface area contributed by atoms with Crippen molar-refractivity contribution in [1.29, 1.82) is 0 Å². The lowest BCUT2D eigenvalue weighted by molar-refractivity contribution is -0.0590. The second kappa shape index (κ2) is 10.4. The van der Waals surface area contributed by atoms with Crippen LogP contribution in [0.15, 0.2) is 71.6 Å². The smallest absolute Gasteiger partial charge is 0.261 e. The summed E-state index contributed by atoms with van der Waals surface area (Å²) in [4.78, 5) is 15.6. The summed E-state index contributed by atoms with van der Waals surface area (Å²) >= 11 is 12.4. The van der Waals surface area contributed by atoms with Gasteiger partial charge in [-0.15, -0.1) is 0 Å². The molecule has 2 N–H and O–H groups in total. The lowest BCUT2D eigenvalue weighted by atomic mass is 9.77. The second-order valence-electron chi connectivity index (χ2n) is 10.6. The van der Waals surface area contributed by atoms with Gasteiger partial charge in [-0.05, 0) is 95.1 Å². The number of rotatable bonds is 6. The molecule has 1 heterocycles. The fourth-order valence-corrected chi connectivity index (χ4v) is 6.65. The van der Waals surface area contributed by atoms with E-state index in [4.69, 9.17) is 27.9 Å². The van der Waals surface area contributed by atoms with E-state index in [0.29, 0.717) is 34.4 Å². The molecule has 7 nitrogen and oxygen atoms in total. The number of ether oxygens (including phenoxy) is 1. The summed E-state index contributed by atoms with van der Waals surface area (Å²) in [7, 11) is -4.06. The molecule has 0 aromatic heterocycles. The zero-order valence-electron chi connectivity index (χ0n) is 21.5. The van der Waals surface area contributed by atoms with Gasteiger partial charge in [0.25, 0.3) is 15.9 Å². The Labute approximate surface area is 233 Å². The summed E-state index contributed by atoms with van der Waals surface area (Å²) in [6.07, 6.45) is 0.241. The van der Waals surface area contributed by atoms with Gasteiger partial charge in [0.2, 0.25) is 0 Å². The molecule has 0 radical (unpaired) electrons. The first-order valence-electron chi connectivity index (χ1n) is 12.1. The van der Waals surface area contributed by atoms with Gasteiger partial charge in [0.05, 0.1) is 27.3 Å². The highest BCUT2D eigenvalue weighted by molar-refractivity contribution is 7.92. The fourth-order valence-electron chi connectivity index (χ4n) is 5.22. The van der Waals surface area contributed by atoms with E-state index in [-0.39, 0.29) is 22.1 Å². The van der Waals surface area contributed by atoms with Crippen LogP contribution in [0.3, 0.4) is 0 Å². The molecule has 0 saturated carbocycles. The Balaban J connectivity index is 1.62. The van der Waals surface area contributed by atoms with Crippen molar-refractivity contribution < 1.29 is 23.1 Å². The molecule has 0 spiro atoms. The predicted molar refractivity (Wildman–Crippen MR) is 150 cm³/mol. The number of aliphatic hydroxyl groups is 1. The van der Waals surface area contributed by atoms with Gasteiger partial charge in [-0.2, -0.15) is 0 Å². The largest absolute Gasteiger partial charge is 0.456 e. The standard InChI is InChI=1S/C28H30Cl2N2O5S/c1-27(2)16-19(33)17-28(3,4)32(27)26(34)22-15-18(29)9-14-24(22)31-38(35,36)21-12-10-20(11-13-21)37-25-8-6-5-7-23(25)30/h5-15,19,31,33H,16-17H2,1-4H3. The Morgan fingerprint density at radius 1 is 0.974 bits per heavy atom. The molecule has 3 aromatic rings. The highest BCUT2D eigenvalue weighted by Crippen LogP contribution is 2.41. The van der Waals surface area contributed by atoms with Crippen molar-refractivity contribution in [1.82, 2.24) is 4.90 Å². The van der Waals surface area contributed by atoms with Crippen LogP contribution >= 0.6 is 23.2 Å². The maximum atomic E-state index is 13.9. The molecule has 4 rings (SSSR count). The van der Waals surface area contributed by atoms with Crippen molar-refractivity contribution in [3.05, 3.63) is 82.3 Å². The monoisotopic (exact) mass is 576 g/mol. The lowest BCUT2D eigenvalue weighted by Crippen LogP contribution is -2.63. The van der Waals surface area contributed by atoms with Gasteiger partial charge in [-0.25, -0.2) is 8.42 Å². The number of piperidine rings is 1. The molecule has 0 aliphatic carbocycles. The predicted octanol–water partition coefficient (Wildman–Crippen LogP) is 6.74. The molecule has 38 heavy (non-hydrogen) atoms. The number of hydrogen-bond donors (Lipinski definition) is 2. The van der Waals surface area contributed by atoms with Crippen LogP contribution in [0.4, 0.5) is 5.69 Å². The number of nitrogens with zero attached hydrogens (tertiary/aromatic N) is 1. The van der Waals surface area contributed by atoms with Crippen molar-refractivity contribution in [2.24, 2.45) is 0 Å². The van der Waals surface area contributed by atoms with Crippen molar-refractivity contribution in [2.45, 2.75) is 62.6 Å². The van der Waals surface area contributed by atoms with E-state index >= 15 is 0 Å². The molecule has 0 atom stereocenters. The molecular formula is C28H30Cl2N2O5S. The van der Waals surface area contributed by atoms with Gasteiger partial charge in [0.1, 0.15) is 11.5 Å². The van der Waals surface area contributed by atoms with Crippen LogP contribution < -0.4 is 9.46 Å². The molecule has 1 amide bonds. The Morgan fingerprint density at radius 2 is 1.58 bits per heavy atom. The summed E-state index contributed by atoms with van der Waals surface area (Å²) < 4.78 is 34.9. The molecule has 1 aliphatic rings. The van der Waals surface area contributed by atoms with Gasteiger partial charge >= 0.3 is 0 Å². The maximum absolute atomic E-state index is 13.9. The van der Waals surface area contributed by atoms with Crippen LogP contribution in [0, 0.1) is 0 Å². The third-order valence-electron chi connectivity index (χ3n) is 6.54. The molecule has 10 heteroatoms. The number of carbonyl (C=O) groups is 1. The van der Waals surface area contributed by atoms with E-state index in [9.17, 15) is 18.3 Å². The van der Waals surface area contributed by atoms with Crippen molar-refractivity contribution in [3.63, 3.8) is 0 Å². The van der Waals surface area contributed by atoms with E-state index in [0.717, 1.165) is 0 Å². The summed E-state index contributed by atoms with van der Waals surface area (Å²) in [6, 6.07) is 17.3. The molecular weight excluding hydrogens is 547 g/mol. The average Bonchev–Trinajstić information content (AvgIpc) is 2.80. The van der Waals surface area contributed by atoms with E-state index in [2.05, 4.69) is 4.72 Å². The summed E-state index contributed by atoms with van der Waals surface area (Å²) in [5.74, 6) is 0.482. The van der Waals surface area contributed by atoms with Crippen LogP contribution in [-0.4, -0.2) is 41.5 Å². The van der Waals surface area contributed by atoms with Gasteiger partial charge < -0.3 is 14.7 Å². The molecule has 3 aromatic carbocycles. The van der Waals surface area contributed by atoms with E-state index in [1.165, 1.54) is 42.5 Å². The molecule has 0 bridgehead atoms. The number of sulfonamides is 1. The normalized spacial score (nSPS) is 17.2. The molecule has 0 unspecified atom stereocenters. The minimum Gasteiger partial charge on any atom is -0.456 e. The van der Waals surface area contributed by atoms with Crippen molar-refractivity contribution in [3.8, 4) is 11.5 Å². The first-order valence-corrected chi connectivity index (χ1v) is 14.3. The number of amides is 1. The number of likely N-dealkylation sites (tertiary alicyclic amines) is 1. The number of nitrogens with one attached hydrogen (secondary N) is 1. The topological polar surface area (TPSA) is 95.9 Å². The summed E-state index contributed by atoms with van der Waals surface area (Å²) in [6.45, 7) is 7.54. The van der Waals surface area contributed by atoms with Gasteiger partial charge in [0, 0.05) is 16.1 Å². The minimum absolute atomic E-state index is 0.0147. The lowest BCUT2D eigenvalue weighted by Gasteiger charge is -2.54. The second-order valence-corrected chi connectivity index (χ2v) is 13.2. The minimum atomic E-state index is -4.06. The summed E-state index contributed by atoms with van der Waals surface area (Å²) in [5.41, 5.74) is -1.12. The number of carbonyl (C=O) groups excluding carboxylic acids is 1. The molecule has 202 valence electrons. The number of anilines is 1. The first-order chi connectivity index (χ1) is 17.7. The molecule has 1 aliphatic heterocycles. The number of aliphatic hydroxyl groups excluding tert-OH is 1. The number of para-hydroxylation sites is 1. The summed E-state index contributed by atoms with van der Waals surface area (Å²) in [5, 5.41) is 11.1. The van der Waals surface area contributed by atoms with E-state index < -0.39 is 27.2 Å². The van der Waals surface area contributed by atoms with Gasteiger partial charge in [0.15, 0.2) is 0 Å². The SMILES string of the molecule is CC1(C)CC(O)CC(C)(C)N1C(=O)c1cc(Cl)ccc1NS(=O)(=O)c1ccc(Oc2ccccc2Cl)cc1. The zero-order chi connectivity index (χ0) is 27.9. The van der Waals surface area contributed by atoms with Crippen LogP contribution in [-0.2, 0) is 10.0 Å². The molecule has 1 fully saturated rings. The highest BCUT2D eigenvalue weighted by atomic mass is 35.5. The van der Waals surface area contributed by atoms with Gasteiger partial charge in [-0.1, -0.05) is 35.3 Å². The number of halogens is 2. The Morgan fingerprint density at radius 3 is 2.18 bits per heavy atom. The quantitative estimate of drug-likeness (QED) is 0.338. The third kappa shape index (κ3) is 5.94. The van der Waals surface area contributed by atoms with Crippen LogP contribution in [0.25, 0.3) is 0 Å². The third-order valence-corrected chi connectivity index (χ3v) is 8.47. The van der Waals surface area contributed by atoms with Crippen molar-refractivity contribution >= 4 is 44.8 Å². The van der Waals surface area contributed by atoms with E-state index in [1.54, 1.807) is 29.2 Å². The highest BCUT2D eigenvalue weighted by Gasteiger charge is 2.48. The first kappa shape index (κ1) is 28.2.